The molecule has 0 aliphatic rings. The number of hydrogen-bond acceptors (Lipinski definition) is 6. The second kappa shape index (κ2) is 9.79. The average Bonchev–Trinajstić information content (AvgIpc) is 3.29. The molecule has 0 aliphatic carbocycles. The molecular weight excluding hydrogens is 479 g/mol. The van der Waals surface area contributed by atoms with Crippen LogP contribution in [0.15, 0.2) is 70.6 Å². The van der Waals surface area contributed by atoms with Crippen LogP contribution in [0, 0.1) is 13.8 Å². The van der Waals surface area contributed by atoms with E-state index in [1.165, 1.54) is 30.4 Å². The molecular formula is C24H20F3N5O2S. The molecule has 180 valence electrons. The third kappa shape index (κ3) is 5.46. The Morgan fingerprint density at radius 3 is 2.29 bits per heavy atom. The summed E-state index contributed by atoms with van der Waals surface area (Å²) in [5.74, 6) is -1.02. The predicted molar refractivity (Wildman–Crippen MR) is 125 cm³/mol. The Balaban J connectivity index is 1.54. The zero-order valence-electron chi connectivity index (χ0n) is 18.9. The van der Waals surface area contributed by atoms with Gasteiger partial charge in [0.25, 0.3) is 5.91 Å². The van der Waals surface area contributed by atoms with Crippen LogP contribution < -0.4 is 10.1 Å². The summed E-state index contributed by atoms with van der Waals surface area (Å²) in [5, 5.41) is 13.6. The first kappa shape index (κ1) is 24.3. The van der Waals surface area contributed by atoms with Crippen molar-refractivity contribution in [2.75, 3.05) is 12.4 Å². The van der Waals surface area contributed by atoms with Crippen LogP contribution in [0.5, 0.6) is 5.88 Å². The lowest BCUT2D eigenvalue weighted by Crippen LogP contribution is -2.21. The topological polar surface area (TPSA) is 81.9 Å². The van der Waals surface area contributed by atoms with Crippen molar-refractivity contribution in [1.82, 2.24) is 20.0 Å². The molecule has 4 aromatic rings. The molecule has 0 bridgehead atoms. The molecule has 0 saturated heterocycles. The number of hydrogen-bond donors (Lipinski definition) is 1. The molecule has 0 spiro atoms. The van der Waals surface area contributed by atoms with Crippen molar-refractivity contribution >= 4 is 23.4 Å². The molecule has 1 amide bonds. The Bertz CT molecular complexity index is 1350. The van der Waals surface area contributed by atoms with Crippen molar-refractivity contribution in [2.24, 2.45) is 0 Å². The minimum atomic E-state index is -4.86. The van der Waals surface area contributed by atoms with E-state index in [0.29, 0.717) is 10.4 Å². The Hall–Kier alpha value is -3.86. The molecule has 0 aliphatic heterocycles. The molecule has 4 rings (SSSR count). The van der Waals surface area contributed by atoms with E-state index in [-0.39, 0.29) is 11.7 Å². The number of alkyl halides is 3. The molecule has 35 heavy (non-hydrogen) atoms. The number of rotatable bonds is 6. The summed E-state index contributed by atoms with van der Waals surface area (Å²) in [6.45, 7) is 4.08. The van der Waals surface area contributed by atoms with E-state index >= 15 is 0 Å². The van der Waals surface area contributed by atoms with Crippen LogP contribution in [0.2, 0.25) is 0 Å². The van der Waals surface area contributed by atoms with E-state index in [2.05, 4.69) is 26.7 Å². The normalized spacial score (nSPS) is 11.4. The first-order chi connectivity index (χ1) is 16.7. The fraction of sp³-hybridized carbons (Fsp3) is 0.167. The second-order valence-electron chi connectivity index (χ2n) is 7.58. The first-order valence-electron chi connectivity index (χ1n) is 10.4. The quantitative estimate of drug-likeness (QED) is 0.366. The maximum absolute atomic E-state index is 13.9. The number of amides is 1. The highest BCUT2D eigenvalue weighted by atomic mass is 32.2. The first-order valence-corrected chi connectivity index (χ1v) is 11.2. The van der Waals surface area contributed by atoms with Crippen LogP contribution in [-0.2, 0) is 6.18 Å². The number of ether oxygens (including phenoxy) is 1. The number of anilines is 1. The van der Waals surface area contributed by atoms with Gasteiger partial charge < -0.3 is 10.1 Å². The zero-order chi connectivity index (χ0) is 25.2. The highest BCUT2D eigenvalue weighted by Crippen LogP contribution is 2.34. The fourth-order valence-corrected chi connectivity index (χ4v) is 4.13. The molecule has 2 aromatic carbocycles. The minimum absolute atomic E-state index is 0.131. The van der Waals surface area contributed by atoms with Gasteiger partial charge in [-0.25, -0.2) is 4.68 Å². The summed E-state index contributed by atoms with van der Waals surface area (Å²) in [6.07, 6.45) is -4.01. The molecule has 2 heterocycles. The lowest BCUT2D eigenvalue weighted by Gasteiger charge is -2.12. The number of nitrogens with zero attached hydrogens (tertiary/aromatic N) is 4. The lowest BCUT2D eigenvalue weighted by atomic mass is 10.1. The Morgan fingerprint density at radius 1 is 0.971 bits per heavy atom. The lowest BCUT2D eigenvalue weighted by molar-refractivity contribution is -0.143. The molecule has 0 fully saturated rings. The molecule has 0 unspecified atom stereocenters. The van der Waals surface area contributed by atoms with Crippen molar-refractivity contribution in [3.8, 4) is 11.7 Å². The fourth-order valence-electron chi connectivity index (χ4n) is 3.21. The van der Waals surface area contributed by atoms with E-state index in [9.17, 15) is 18.0 Å². The van der Waals surface area contributed by atoms with E-state index < -0.39 is 23.3 Å². The number of aryl methyl sites for hydroxylation is 2. The number of carbonyl (C=O) groups excluding carboxylic acids is 1. The van der Waals surface area contributed by atoms with Gasteiger partial charge in [0, 0.05) is 21.5 Å². The highest BCUT2D eigenvalue weighted by Gasteiger charge is 2.41. The third-order valence-corrected chi connectivity index (χ3v) is 6.16. The summed E-state index contributed by atoms with van der Waals surface area (Å²) in [5.41, 5.74) is 0.846. The van der Waals surface area contributed by atoms with Crippen LogP contribution in [0.25, 0.3) is 5.82 Å². The maximum atomic E-state index is 13.9. The largest absolute Gasteiger partial charge is 0.480 e. The summed E-state index contributed by atoms with van der Waals surface area (Å²) in [6, 6.07) is 15.6. The van der Waals surface area contributed by atoms with Gasteiger partial charge in [-0.3, -0.25) is 4.79 Å². The molecule has 0 atom stereocenters. The van der Waals surface area contributed by atoms with Gasteiger partial charge >= 0.3 is 6.18 Å². The summed E-state index contributed by atoms with van der Waals surface area (Å²) in [7, 11) is 1.36. The number of nitrogens with one attached hydrogen (secondary N) is 1. The predicted octanol–water partition coefficient (Wildman–Crippen LogP) is 5.71. The molecule has 2 aromatic heterocycles. The number of aromatic nitrogens is 4. The van der Waals surface area contributed by atoms with Crippen LogP contribution in [0.4, 0.5) is 18.9 Å². The van der Waals surface area contributed by atoms with Gasteiger partial charge in [-0.05, 0) is 67.4 Å². The van der Waals surface area contributed by atoms with Gasteiger partial charge in [0.1, 0.15) is 0 Å². The van der Waals surface area contributed by atoms with E-state index in [1.54, 1.807) is 36.0 Å². The molecule has 1 N–H and O–H groups in total. The van der Waals surface area contributed by atoms with Crippen LogP contribution in [-0.4, -0.2) is 33.0 Å². The molecule has 0 saturated carbocycles. The minimum Gasteiger partial charge on any atom is -0.480 e. The van der Waals surface area contributed by atoms with Gasteiger partial charge in [-0.1, -0.05) is 17.8 Å². The monoisotopic (exact) mass is 499 g/mol. The van der Waals surface area contributed by atoms with Gasteiger partial charge in [-0.2, -0.15) is 18.3 Å². The number of methoxy groups -OCH3 is 1. The summed E-state index contributed by atoms with van der Waals surface area (Å²) < 4.78 is 47.0. The standard InChI is InChI=1S/C24H20F3N5O2S/c1-14-4-7-18(12-15(14)2)35-17-8-5-16(6-9-17)29-23(33)19-13-28-32(22(19)24(25,26)27)20-10-11-21(34-3)31-30-20/h4-13H,1-3H3,(H,29,33). The van der Waals surface area contributed by atoms with Gasteiger partial charge in [0.15, 0.2) is 11.5 Å². The number of benzene rings is 2. The smallest absolute Gasteiger partial charge is 0.434 e. The van der Waals surface area contributed by atoms with Gasteiger partial charge in [0.2, 0.25) is 5.88 Å². The van der Waals surface area contributed by atoms with Crippen LogP contribution >= 0.6 is 11.8 Å². The Labute approximate surface area is 203 Å². The van der Waals surface area contributed by atoms with Gasteiger partial charge in [-0.15, -0.1) is 10.2 Å². The van der Waals surface area contributed by atoms with E-state index in [4.69, 9.17) is 4.74 Å². The van der Waals surface area contributed by atoms with Crippen LogP contribution in [0.1, 0.15) is 27.2 Å². The number of carbonyl (C=O) groups is 1. The molecule has 0 radical (unpaired) electrons. The third-order valence-electron chi connectivity index (χ3n) is 5.16. The number of halogens is 3. The summed E-state index contributed by atoms with van der Waals surface area (Å²) in [4.78, 5) is 14.7. The zero-order valence-corrected chi connectivity index (χ0v) is 19.7. The van der Waals surface area contributed by atoms with E-state index in [0.717, 1.165) is 16.0 Å². The van der Waals surface area contributed by atoms with Crippen LogP contribution in [0.3, 0.4) is 0 Å². The van der Waals surface area contributed by atoms with Crippen molar-refractivity contribution in [3.05, 3.63) is 83.2 Å². The van der Waals surface area contributed by atoms with Gasteiger partial charge in [0.05, 0.1) is 18.9 Å². The SMILES string of the molecule is COc1ccc(-n2ncc(C(=O)Nc3ccc(Sc4ccc(C)c(C)c4)cc3)c2C(F)(F)F)nn1. The van der Waals surface area contributed by atoms with Crippen molar-refractivity contribution in [1.29, 1.82) is 0 Å². The van der Waals surface area contributed by atoms with Crippen molar-refractivity contribution < 1.29 is 22.7 Å². The second-order valence-corrected chi connectivity index (χ2v) is 8.72. The van der Waals surface area contributed by atoms with E-state index in [1.807, 2.05) is 26.0 Å². The Kier molecular flexibility index (Phi) is 6.79. The average molecular weight is 500 g/mol. The van der Waals surface area contributed by atoms with Crippen molar-refractivity contribution in [3.63, 3.8) is 0 Å². The molecule has 7 nitrogen and oxygen atoms in total. The van der Waals surface area contributed by atoms with Crippen molar-refractivity contribution in [2.45, 2.75) is 29.8 Å². The molecule has 11 heteroatoms. The summed E-state index contributed by atoms with van der Waals surface area (Å²) >= 11 is 1.55. The maximum Gasteiger partial charge on any atom is 0.434 e. The highest BCUT2D eigenvalue weighted by molar-refractivity contribution is 7.99. The Morgan fingerprint density at radius 2 is 1.69 bits per heavy atom.